The smallest absolute Gasteiger partial charge is 0.325 e. The van der Waals surface area contributed by atoms with Crippen LogP contribution in [0.25, 0.3) is 0 Å². The van der Waals surface area contributed by atoms with Gasteiger partial charge in [0.05, 0.1) is 16.9 Å². The lowest BCUT2D eigenvalue weighted by atomic mass is 10.1. The Balaban J connectivity index is 2.36. The topological polar surface area (TPSA) is 58.2 Å². The zero-order valence-electron chi connectivity index (χ0n) is 13.0. The Labute approximate surface area is 136 Å². The summed E-state index contributed by atoms with van der Waals surface area (Å²) in [6.07, 6.45) is -4.56. The molecule has 0 unspecified atom stereocenters. The lowest BCUT2D eigenvalue weighted by molar-refractivity contribution is -0.137. The van der Waals surface area contributed by atoms with Gasteiger partial charge < -0.3 is 10.6 Å². The minimum absolute atomic E-state index is 0.0935. The van der Waals surface area contributed by atoms with Gasteiger partial charge in [0.1, 0.15) is 0 Å². The van der Waals surface area contributed by atoms with Gasteiger partial charge >= 0.3 is 6.18 Å². The van der Waals surface area contributed by atoms with Crippen LogP contribution in [0, 0.1) is 6.92 Å². The molecule has 0 saturated heterocycles. The lowest BCUT2D eigenvalue weighted by Crippen LogP contribution is -2.16. The molecule has 0 radical (unpaired) electrons. The average Bonchev–Trinajstić information content (AvgIpc) is 2.48. The van der Waals surface area contributed by atoms with E-state index in [9.17, 15) is 22.8 Å². The number of benzene rings is 2. The van der Waals surface area contributed by atoms with Crippen LogP contribution in [0.3, 0.4) is 0 Å². The van der Waals surface area contributed by atoms with E-state index in [4.69, 9.17) is 0 Å². The Morgan fingerprint density at radius 2 is 1.54 bits per heavy atom. The van der Waals surface area contributed by atoms with Gasteiger partial charge in [0, 0.05) is 12.5 Å². The summed E-state index contributed by atoms with van der Waals surface area (Å²) < 4.78 is 38.6. The van der Waals surface area contributed by atoms with Crippen molar-refractivity contribution in [3.05, 3.63) is 59.2 Å². The fourth-order valence-corrected chi connectivity index (χ4v) is 2.02. The largest absolute Gasteiger partial charge is 0.416 e. The molecule has 2 aromatic rings. The van der Waals surface area contributed by atoms with Crippen LogP contribution in [0.15, 0.2) is 42.5 Å². The number of alkyl halides is 3. The molecule has 2 rings (SSSR count). The summed E-state index contributed by atoms with van der Waals surface area (Å²) in [4.78, 5) is 23.4. The van der Waals surface area contributed by atoms with Crippen molar-refractivity contribution in [2.75, 3.05) is 10.6 Å². The molecule has 0 atom stereocenters. The minimum atomic E-state index is -4.56. The summed E-state index contributed by atoms with van der Waals surface area (Å²) in [6, 6.07) is 9.30. The van der Waals surface area contributed by atoms with E-state index >= 15 is 0 Å². The van der Waals surface area contributed by atoms with Crippen molar-refractivity contribution in [3.8, 4) is 0 Å². The molecule has 0 spiro atoms. The molecule has 0 aliphatic rings. The Morgan fingerprint density at radius 3 is 2.08 bits per heavy atom. The third-order valence-electron chi connectivity index (χ3n) is 3.22. The van der Waals surface area contributed by atoms with Gasteiger partial charge in [-0.2, -0.15) is 13.2 Å². The number of anilines is 2. The second kappa shape index (κ2) is 6.74. The fourth-order valence-electron chi connectivity index (χ4n) is 2.02. The molecule has 0 fully saturated rings. The monoisotopic (exact) mass is 336 g/mol. The van der Waals surface area contributed by atoms with E-state index in [1.807, 2.05) is 6.92 Å². The molecule has 2 aromatic carbocycles. The van der Waals surface area contributed by atoms with Crippen LogP contribution in [-0.2, 0) is 11.0 Å². The normalized spacial score (nSPS) is 11.0. The summed E-state index contributed by atoms with van der Waals surface area (Å²) in [5.74, 6) is -1.03. The van der Waals surface area contributed by atoms with E-state index in [-0.39, 0.29) is 11.4 Å². The molecule has 126 valence electrons. The van der Waals surface area contributed by atoms with Gasteiger partial charge in [0.2, 0.25) is 5.91 Å². The third-order valence-corrected chi connectivity index (χ3v) is 3.22. The maximum Gasteiger partial charge on any atom is 0.416 e. The number of carbonyl (C=O) groups is 2. The van der Waals surface area contributed by atoms with Crippen LogP contribution >= 0.6 is 0 Å². The maximum absolute atomic E-state index is 12.9. The number of rotatable bonds is 3. The van der Waals surface area contributed by atoms with Gasteiger partial charge in [0.25, 0.3) is 5.91 Å². The van der Waals surface area contributed by atoms with E-state index in [1.54, 1.807) is 24.3 Å². The number of hydrogen-bond acceptors (Lipinski definition) is 2. The molecule has 2 N–H and O–H groups in total. The summed E-state index contributed by atoms with van der Waals surface area (Å²) >= 11 is 0. The van der Waals surface area contributed by atoms with Crippen LogP contribution < -0.4 is 10.6 Å². The zero-order valence-corrected chi connectivity index (χ0v) is 13.0. The highest BCUT2D eigenvalue weighted by atomic mass is 19.4. The highest BCUT2D eigenvalue weighted by Gasteiger charge is 2.31. The van der Waals surface area contributed by atoms with Crippen molar-refractivity contribution >= 4 is 23.2 Å². The predicted octanol–water partition coefficient (Wildman–Crippen LogP) is 4.22. The first-order valence-corrected chi connectivity index (χ1v) is 7.03. The quantitative estimate of drug-likeness (QED) is 0.881. The van der Waals surface area contributed by atoms with Crippen LogP contribution in [0.1, 0.15) is 28.4 Å². The van der Waals surface area contributed by atoms with Crippen molar-refractivity contribution in [2.45, 2.75) is 20.0 Å². The maximum atomic E-state index is 12.9. The van der Waals surface area contributed by atoms with Crippen LogP contribution in [0.5, 0.6) is 0 Å². The van der Waals surface area contributed by atoms with Crippen molar-refractivity contribution in [2.24, 2.45) is 0 Å². The predicted molar refractivity (Wildman–Crippen MR) is 84.9 cm³/mol. The molecule has 2 amide bonds. The first-order valence-electron chi connectivity index (χ1n) is 7.03. The molecule has 0 aliphatic carbocycles. The molecule has 0 aliphatic heterocycles. The summed E-state index contributed by atoms with van der Waals surface area (Å²) in [7, 11) is 0. The van der Waals surface area contributed by atoms with Crippen molar-refractivity contribution in [1.82, 2.24) is 0 Å². The molecule has 0 saturated carbocycles. The first kappa shape index (κ1) is 17.5. The third kappa shape index (κ3) is 4.34. The van der Waals surface area contributed by atoms with Crippen molar-refractivity contribution in [3.63, 3.8) is 0 Å². The second-order valence-electron chi connectivity index (χ2n) is 5.26. The second-order valence-corrected chi connectivity index (χ2v) is 5.26. The first-order chi connectivity index (χ1) is 11.2. The van der Waals surface area contributed by atoms with E-state index in [1.165, 1.54) is 6.92 Å². The molecule has 0 aromatic heterocycles. The Hall–Kier alpha value is -2.83. The van der Waals surface area contributed by atoms with Crippen molar-refractivity contribution < 1.29 is 22.8 Å². The van der Waals surface area contributed by atoms with Crippen LogP contribution in [0.2, 0.25) is 0 Å². The summed E-state index contributed by atoms with van der Waals surface area (Å²) in [5.41, 5.74) is 0.300. The van der Waals surface area contributed by atoms with E-state index in [0.717, 1.165) is 23.8 Å². The highest BCUT2D eigenvalue weighted by molar-refractivity contribution is 6.07. The molecule has 4 nitrogen and oxygen atoms in total. The number of halogens is 3. The fraction of sp³-hybridized carbons (Fsp3) is 0.176. The minimum Gasteiger partial charge on any atom is -0.325 e. The van der Waals surface area contributed by atoms with Gasteiger partial charge in [-0.3, -0.25) is 9.59 Å². The van der Waals surface area contributed by atoms with Gasteiger partial charge in [0.15, 0.2) is 0 Å². The van der Waals surface area contributed by atoms with Gasteiger partial charge in [-0.15, -0.1) is 0 Å². The Morgan fingerprint density at radius 1 is 0.917 bits per heavy atom. The van der Waals surface area contributed by atoms with Crippen LogP contribution in [0.4, 0.5) is 24.5 Å². The molecule has 0 bridgehead atoms. The number of carbonyl (C=O) groups excluding carboxylic acids is 2. The van der Waals surface area contributed by atoms with Gasteiger partial charge in [-0.25, -0.2) is 0 Å². The Bertz CT molecular complexity index is 768. The van der Waals surface area contributed by atoms with Gasteiger partial charge in [-0.05, 0) is 37.3 Å². The van der Waals surface area contributed by atoms with Crippen LogP contribution in [-0.4, -0.2) is 11.8 Å². The summed E-state index contributed by atoms with van der Waals surface area (Å²) in [5, 5.41) is 4.81. The number of amides is 2. The average molecular weight is 336 g/mol. The lowest BCUT2D eigenvalue weighted by Gasteiger charge is -2.15. The molecular formula is C17H15F3N2O2. The van der Waals surface area contributed by atoms with Crippen molar-refractivity contribution in [1.29, 1.82) is 0 Å². The van der Waals surface area contributed by atoms with E-state index < -0.39 is 23.6 Å². The molecule has 7 heteroatoms. The zero-order chi connectivity index (χ0) is 17.9. The van der Waals surface area contributed by atoms with E-state index in [2.05, 4.69) is 10.6 Å². The SMILES string of the molecule is CC(=O)Nc1ccc(C(F)(F)F)cc1NC(=O)c1ccc(C)cc1. The molecule has 24 heavy (non-hydrogen) atoms. The highest BCUT2D eigenvalue weighted by Crippen LogP contribution is 2.34. The van der Waals surface area contributed by atoms with E-state index in [0.29, 0.717) is 5.56 Å². The number of hydrogen-bond donors (Lipinski definition) is 2. The number of aryl methyl sites for hydroxylation is 1. The molecule has 0 heterocycles. The van der Waals surface area contributed by atoms with Gasteiger partial charge in [-0.1, -0.05) is 17.7 Å². The molecular weight excluding hydrogens is 321 g/mol. The Kier molecular flexibility index (Phi) is 4.92. The summed E-state index contributed by atoms with van der Waals surface area (Å²) in [6.45, 7) is 3.08. The number of nitrogens with one attached hydrogen (secondary N) is 2. The standard InChI is InChI=1S/C17H15F3N2O2/c1-10-3-5-12(6-4-10)16(24)22-15-9-13(17(18,19)20)7-8-14(15)21-11(2)23/h3-9H,1-2H3,(H,21,23)(H,22,24).